The largest absolute Gasteiger partial charge is 0.367 e. The Labute approximate surface area is 152 Å². The quantitative estimate of drug-likeness (QED) is 0.765. The lowest BCUT2D eigenvalue weighted by Gasteiger charge is -2.33. The van der Waals surface area contributed by atoms with Crippen LogP contribution >= 0.6 is 0 Å². The molecule has 4 heterocycles. The van der Waals surface area contributed by atoms with Crippen molar-refractivity contribution in [2.45, 2.75) is 18.9 Å². The average molecular weight is 350 g/mol. The summed E-state index contributed by atoms with van der Waals surface area (Å²) in [6, 6.07) is 6.39. The molecule has 0 atom stereocenters. The molecule has 0 saturated carbocycles. The molecule has 3 aromatic heterocycles. The summed E-state index contributed by atoms with van der Waals surface area (Å²) in [5.74, 6) is 2.75. The van der Waals surface area contributed by atoms with Gasteiger partial charge in [-0.05, 0) is 25.0 Å². The van der Waals surface area contributed by atoms with Crippen LogP contribution in [0.3, 0.4) is 0 Å². The zero-order chi connectivity index (χ0) is 17.9. The van der Waals surface area contributed by atoms with Crippen molar-refractivity contribution in [3.8, 4) is 0 Å². The molecule has 1 N–H and O–H groups in total. The molecular formula is C18H22N8. The summed E-state index contributed by atoms with van der Waals surface area (Å²) in [7, 11) is 3.96. The van der Waals surface area contributed by atoms with Crippen LogP contribution in [0.4, 0.5) is 17.5 Å². The van der Waals surface area contributed by atoms with Gasteiger partial charge in [-0.15, -0.1) is 0 Å². The molecule has 1 saturated heterocycles. The van der Waals surface area contributed by atoms with Crippen LogP contribution in [0.1, 0.15) is 12.8 Å². The fourth-order valence-corrected chi connectivity index (χ4v) is 3.15. The molecule has 8 nitrogen and oxygen atoms in total. The highest BCUT2D eigenvalue weighted by Gasteiger charge is 2.21. The second-order valence-electron chi connectivity index (χ2n) is 6.63. The minimum Gasteiger partial charge on any atom is -0.367 e. The van der Waals surface area contributed by atoms with Crippen molar-refractivity contribution < 1.29 is 0 Å². The van der Waals surface area contributed by atoms with Crippen molar-refractivity contribution in [1.82, 2.24) is 24.9 Å². The number of hydrogen-bond acceptors (Lipinski definition) is 8. The van der Waals surface area contributed by atoms with Gasteiger partial charge in [0.05, 0.1) is 0 Å². The van der Waals surface area contributed by atoms with Crippen LogP contribution in [-0.4, -0.2) is 58.1 Å². The number of rotatable bonds is 4. The topological polar surface area (TPSA) is 83.0 Å². The molecule has 8 heteroatoms. The van der Waals surface area contributed by atoms with Gasteiger partial charge in [0.15, 0.2) is 5.65 Å². The molecule has 0 aromatic carbocycles. The number of hydrogen-bond donors (Lipinski definition) is 1. The SMILES string of the molecule is CN(C)c1cc(NC2CCN(c3ccc4nccnc4n3)CC2)ncn1. The molecule has 1 aliphatic heterocycles. The van der Waals surface area contributed by atoms with E-state index in [1.54, 1.807) is 18.7 Å². The Morgan fingerprint density at radius 1 is 1.04 bits per heavy atom. The minimum atomic E-state index is 0.399. The van der Waals surface area contributed by atoms with Crippen LogP contribution in [-0.2, 0) is 0 Å². The summed E-state index contributed by atoms with van der Waals surface area (Å²) in [5, 5.41) is 3.53. The number of nitrogens with zero attached hydrogens (tertiary/aromatic N) is 7. The Balaban J connectivity index is 1.39. The van der Waals surface area contributed by atoms with E-state index in [0.717, 1.165) is 48.9 Å². The normalized spacial score (nSPS) is 15.2. The van der Waals surface area contributed by atoms with Crippen molar-refractivity contribution >= 4 is 28.6 Å². The van der Waals surface area contributed by atoms with Crippen LogP contribution in [0.2, 0.25) is 0 Å². The Bertz CT molecular complexity index is 889. The highest BCUT2D eigenvalue weighted by atomic mass is 15.2. The van der Waals surface area contributed by atoms with E-state index in [0.29, 0.717) is 11.7 Å². The number of anilines is 3. The zero-order valence-corrected chi connectivity index (χ0v) is 15.0. The average Bonchev–Trinajstić information content (AvgIpc) is 2.68. The summed E-state index contributed by atoms with van der Waals surface area (Å²) < 4.78 is 0. The molecule has 1 fully saturated rings. The summed E-state index contributed by atoms with van der Waals surface area (Å²) >= 11 is 0. The number of aromatic nitrogens is 5. The Morgan fingerprint density at radius 2 is 1.85 bits per heavy atom. The fraction of sp³-hybridized carbons (Fsp3) is 0.389. The van der Waals surface area contributed by atoms with E-state index in [2.05, 4.69) is 35.1 Å². The lowest BCUT2D eigenvalue weighted by atomic mass is 10.1. The van der Waals surface area contributed by atoms with E-state index in [4.69, 9.17) is 0 Å². The fourth-order valence-electron chi connectivity index (χ4n) is 3.15. The van der Waals surface area contributed by atoms with Gasteiger partial charge in [-0.3, -0.25) is 4.98 Å². The molecule has 0 spiro atoms. The molecule has 134 valence electrons. The van der Waals surface area contributed by atoms with E-state index in [-0.39, 0.29) is 0 Å². The molecule has 0 unspecified atom stereocenters. The van der Waals surface area contributed by atoms with Gasteiger partial charge in [-0.2, -0.15) is 0 Å². The maximum atomic E-state index is 4.64. The number of piperidine rings is 1. The van der Waals surface area contributed by atoms with Crippen molar-refractivity contribution in [1.29, 1.82) is 0 Å². The van der Waals surface area contributed by atoms with Gasteiger partial charge in [0.25, 0.3) is 0 Å². The molecule has 1 aliphatic rings. The van der Waals surface area contributed by atoms with Gasteiger partial charge in [0, 0.05) is 51.7 Å². The molecule has 0 aliphatic carbocycles. The third-order valence-electron chi connectivity index (χ3n) is 4.60. The van der Waals surface area contributed by atoms with Crippen molar-refractivity contribution in [3.05, 3.63) is 36.9 Å². The van der Waals surface area contributed by atoms with Crippen LogP contribution in [0.5, 0.6) is 0 Å². The van der Waals surface area contributed by atoms with E-state index < -0.39 is 0 Å². The number of fused-ring (bicyclic) bond motifs is 1. The summed E-state index contributed by atoms with van der Waals surface area (Å²) in [5.41, 5.74) is 1.52. The predicted molar refractivity (Wildman–Crippen MR) is 103 cm³/mol. The minimum absolute atomic E-state index is 0.399. The number of pyridine rings is 1. The van der Waals surface area contributed by atoms with Crippen LogP contribution in [0.15, 0.2) is 36.9 Å². The highest BCUT2D eigenvalue weighted by molar-refractivity contribution is 5.71. The highest BCUT2D eigenvalue weighted by Crippen LogP contribution is 2.22. The van der Waals surface area contributed by atoms with Gasteiger partial charge < -0.3 is 15.1 Å². The molecule has 4 rings (SSSR count). The third kappa shape index (κ3) is 3.49. The molecule has 0 radical (unpaired) electrons. The standard InChI is InChI=1S/C18H22N8/c1-25(2)17-11-15(21-12-22-17)23-13-5-9-26(10-6-13)16-4-3-14-18(24-16)20-8-7-19-14/h3-4,7-8,11-13H,5-6,9-10H2,1-2H3,(H,21,22,23). The smallest absolute Gasteiger partial charge is 0.180 e. The molecule has 26 heavy (non-hydrogen) atoms. The van der Waals surface area contributed by atoms with E-state index in [9.17, 15) is 0 Å². The maximum Gasteiger partial charge on any atom is 0.180 e. The third-order valence-corrected chi connectivity index (χ3v) is 4.60. The van der Waals surface area contributed by atoms with E-state index >= 15 is 0 Å². The monoisotopic (exact) mass is 350 g/mol. The Hall–Kier alpha value is -3.03. The predicted octanol–water partition coefficient (Wildman–Crippen LogP) is 1.96. The first kappa shape index (κ1) is 16.4. The summed E-state index contributed by atoms with van der Waals surface area (Å²) in [6.07, 6.45) is 7.03. The molecule has 3 aromatic rings. The van der Waals surface area contributed by atoms with E-state index in [1.807, 2.05) is 37.2 Å². The van der Waals surface area contributed by atoms with Crippen LogP contribution < -0.4 is 15.1 Å². The molecule has 0 bridgehead atoms. The molecule has 0 amide bonds. The van der Waals surface area contributed by atoms with Gasteiger partial charge >= 0.3 is 0 Å². The second kappa shape index (κ2) is 7.07. The van der Waals surface area contributed by atoms with Crippen molar-refractivity contribution in [2.75, 3.05) is 42.3 Å². The first-order valence-electron chi connectivity index (χ1n) is 8.78. The van der Waals surface area contributed by atoms with Crippen molar-refractivity contribution in [2.24, 2.45) is 0 Å². The summed E-state index contributed by atoms with van der Waals surface area (Å²) in [6.45, 7) is 1.89. The van der Waals surface area contributed by atoms with Crippen LogP contribution in [0, 0.1) is 0 Å². The molecular weight excluding hydrogens is 328 g/mol. The number of nitrogens with one attached hydrogen (secondary N) is 1. The van der Waals surface area contributed by atoms with Gasteiger partial charge in [0.1, 0.15) is 29.3 Å². The lowest BCUT2D eigenvalue weighted by Crippen LogP contribution is -2.39. The Kier molecular flexibility index (Phi) is 4.47. The van der Waals surface area contributed by atoms with Gasteiger partial charge in [0.2, 0.25) is 0 Å². The van der Waals surface area contributed by atoms with Crippen LogP contribution in [0.25, 0.3) is 11.2 Å². The first-order chi connectivity index (χ1) is 12.7. The summed E-state index contributed by atoms with van der Waals surface area (Å²) in [4.78, 5) is 26.1. The van der Waals surface area contributed by atoms with Gasteiger partial charge in [-0.1, -0.05) is 0 Å². The zero-order valence-electron chi connectivity index (χ0n) is 15.0. The first-order valence-corrected chi connectivity index (χ1v) is 8.78. The maximum absolute atomic E-state index is 4.64. The Morgan fingerprint density at radius 3 is 2.65 bits per heavy atom. The second-order valence-corrected chi connectivity index (χ2v) is 6.63. The lowest BCUT2D eigenvalue weighted by molar-refractivity contribution is 0.522. The van der Waals surface area contributed by atoms with Gasteiger partial charge in [-0.25, -0.2) is 19.9 Å². The van der Waals surface area contributed by atoms with E-state index in [1.165, 1.54) is 0 Å². The van der Waals surface area contributed by atoms with Crippen molar-refractivity contribution in [3.63, 3.8) is 0 Å².